The van der Waals surface area contributed by atoms with Gasteiger partial charge in [0.2, 0.25) is 0 Å². The minimum Gasteiger partial charge on any atom is -0.392 e. The SMILES string of the molecule is C=C(/C=N\NCc1ccccc1)c1c[nH]c2ncc(-c3ccc(CO)cc3)cc12. The van der Waals surface area contributed by atoms with Crippen LogP contribution < -0.4 is 5.43 Å². The van der Waals surface area contributed by atoms with Crippen molar-refractivity contribution < 1.29 is 5.11 Å². The van der Waals surface area contributed by atoms with Crippen LogP contribution in [-0.4, -0.2) is 21.3 Å². The van der Waals surface area contributed by atoms with Crippen LogP contribution in [-0.2, 0) is 13.2 Å². The number of aromatic nitrogens is 2. The first-order valence-corrected chi connectivity index (χ1v) is 9.41. The Morgan fingerprint density at radius 3 is 2.62 bits per heavy atom. The largest absolute Gasteiger partial charge is 0.392 e. The fraction of sp³-hybridized carbons (Fsp3) is 0.0833. The summed E-state index contributed by atoms with van der Waals surface area (Å²) in [7, 11) is 0. The summed E-state index contributed by atoms with van der Waals surface area (Å²) in [6.07, 6.45) is 5.48. The highest BCUT2D eigenvalue weighted by Crippen LogP contribution is 2.27. The Morgan fingerprint density at radius 2 is 1.86 bits per heavy atom. The van der Waals surface area contributed by atoms with Crippen LogP contribution in [0.25, 0.3) is 27.7 Å². The summed E-state index contributed by atoms with van der Waals surface area (Å²) in [5, 5.41) is 14.5. The molecule has 0 fully saturated rings. The first-order chi connectivity index (χ1) is 14.2. The molecular formula is C24H22N4O. The quantitative estimate of drug-likeness (QED) is 0.325. The Balaban J connectivity index is 1.52. The Kier molecular flexibility index (Phi) is 5.49. The van der Waals surface area contributed by atoms with Crippen molar-refractivity contribution in [1.82, 2.24) is 15.4 Å². The molecule has 2 heterocycles. The van der Waals surface area contributed by atoms with Crippen molar-refractivity contribution in [2.75, 3.05) is 0 Å². The summed E-state index contributed by atoms with van der Waals surface area (Å²) in [4.78, 5) is 7.73. The number of fused-ring (bicyclic) bond motifs is 1. The van der Waals surface area contributed by atoms with Gasteiger partial charge in [-0.25, -0.2) is 4.98 Å². The summed E-state index contributed by atoms with van der Waals surface area (Å²) < 4.78 is 0. The topological polar surface area (TPSA) is 73.3 Å². The fourth-order valence-electron chi connectivity index (χ4n) is 3.16. The van der Waals surface area contributed by atoms with E-state index in [4.69, 9.17) is 0 Å². The summed E-state index contributed by atoms with van der Waals surface area (Å²) >= 11 is 0. The van der Waals surface area contributed by atoms with Gasteiger partial charge in [-0.05, 0) is 28.3 Å². The number of allylic oxidation sites excluding steroid dienone is 1. The zero-order valence-electron chi connectivity index (χ0n) is 16.0. The number of aromatic amines is 1. The van der Waals surface area contributed by atoms with Gasteiger partial charge in [0.1, 0.15) is 5.65 Å². The molecule has 4 rings (SSSR count). The minimum absolute atomic E-state index is 0.0387. The number of nitrogens with one attached hydrogen (secondary N) is 2. The first kappa shape index (κ1) is 18.7. The van der Waals surface area contributed by atoms with Gasteiger partial charge in [0, 0.05) is 28.9 Å². The van der Waals surface area contributed by atoms with Crippen LogP contribution in [0.2, 0.25) is 0 Å². The number of benzene rings is 2. The van der Waals surface area contributed by atoms with Crippen molar-refractivity contribution in [3.63, 3.8) is 0 Å². The van der Waals surface area contributed by atoms with Crippen molar-refractivity contribution in [3.05, 3.63) is 96.3 Å². The Morgan fingerprint density at radius 1 is 1.07 bits per heavy atom. The standard InChI is InChI=1S/C24H22N4O/c1-17(12-27-28-13-18-5-3-2-4-6-18)23-15-26-24-22(23)11-21(14-25-24)20-9-7-19(16-29)8-10-20/h2-12,14-15,28-29H,1,13,16H2,(H,25,26)/b27-12-. The molecule has 3 N–H and O–H groups in total. The number of H-pyrrole nitrogens is 1. The maximum atomic E-state index is 9.22. The lowest BCUT2D eigenvalue weighted by Crippen LogP contribution is -2.05. The van der Waals surface area contributed by atoms with Gasteiger partial charge in [0.15, 0.2) is 0 Å². The van der Waals surface area contributed by atoms with E-state index in [-0.39, 0.29) is 6.61 Å². The number of hydrogen-bond acceptors (Lipinski definition) is 4. The lowest BCUT2D eigenvalue weighted by atomic mass is 10.0. The van der Waals surface area contributed by atoms with E-state index in [0.717, 1.165) is 38.9 Å². The van der Waals surface area contributed by atoms with Crippen LogP contribution in [0.1, 0.15) is 16.7 Å². The van der Waals surface area contributed by atoms with Crippen molar-refractivity contribution in [1.29, 1.82) is 0 Å². The molecule has 29 heavy (non-hydrogen) atoms. The summed E-state index contributed by atoms with van der Waals surface area (Å²) in [6.45, 7) is 4.85. The molecule has 2 aromatic heterocycles. The molecule has 0 bridgehead atoms. The van der Waals surface area contributed by atoms with Gasteiger partial charge < -0.3 is 15.5 Å². The minimum atomic E-state index is 0.0387. The smallest absolute Gasteiger partial charge is 0.137 e. The Bertz CT molecular complexity index is 1140. The normalized spacial score (nSPS) is 11.2. The third kappa shape index (κ3) is 4.25. The highest BCUT2D eigenvalue weighted by atomic mass is 16.3. The molecule has 0 saturated carbocycles. The van der Waals surface area contributed by atoms with Crippen LogP contribution in [0.4, 0.5) is 0 Å². The molecule has 4 aromatic rings. The van der Waals surface area contributed by atoms with Crippen LogP contribution in [0.5, 0.6) is 0 Å². The molecule has 0 spiro atoms. The monoisotopic (exact) mass is 382 g/mol. The maximum Gasteiger partial charge on any atom is 0.137 e. The number of hydrogen-bond donors (Lipinski definition) is 3. The summed E-state index contributed by atoms with van der Waals surface area (Å²) in [5.74, 6) is 0. The molecule has 0 atom stereocenters. The third-order valence-electron chi connectivity index (χ3n) is 4.78. The van der Waals surface area contributed by atoms with Crippen LogP contribution in [0, 0.1) is 0 Å². The average molecular weight is 382 g/mol. The highest BCUT2D eigenvalue weighted by Gasteiger charge is 2.09. The second kappa shape index (κ2) is 8.54. The van der Waals surface area contributed by atoms with Crippen LogP contribution >= 0.6 is 0 Å². The van der Waals surface area contributed by atoms with Gasteiger partial charge >= 0.3 is 0 Å². The van der Waals surface area contributed by atoms with Gasteiger partial charge in [-0.1, -0.05) is 61.2 Å². The predicted octanol–water partition coefficient (Wildman–Crippen LogP) is 4.51. The average Bonchev–Trinajstić information content (AvgIpc) is 3.21. The van der Waals surface area contributed by atoms with Gasteiger partial charge in [0.25, 0.3) is 0 Å². The molecule has 0 amide bonds. The van der Waals surface area contributed by atoms with E-state index in [9.17, 15) is 5.11 Å². The summed E-state index contributed by atoms with van der Waals surface area (Å²) in [5.41, 5.74) is 9.74. The zero-order valence-corrected chi connectivity index (χ0v) is 16.0. The Labute approximate surface area is 169 Å². The molecule has 5 nitrogen and oxygen atoms in total. The number of rotatable bonds is 7. The molecule has 0 aliphatic heterocycles. The lowest BCUT2D eigenvalue weighted by molar-refractivity contribution is 0.282. The molecule has 2 aromatic carbocycles. The number of aliphatic hydroxyl groups excluding tert-OH is 1. The van der Waals surface area contributed by atoms with E-state index in [1.54, 1.807) is 6.21 Å². The van der Waals surface area contributed by atoms with E-state index >= 15 is 0 Å². The highest BCUT2D eigenvalue weighted by molar-refractivity contribution is 6.13. The van der Waals surface area contributed by atoms with E-state index in [0.29, 0.717) is 6.54 Å². The van der Waals surface area contributed by atoms with Gasteiger partial charge in [-0.3, -0.25) is 0 Å². The van der Waals surface area contributed by atoms with Crippen molar-refractivity contribution in [2.24, 2.45) is 5.10 Å². The predicted molar refractivity (Wildman–Crippen MR) is 118 cm³/mol. The van der Waals surface area contributed by atoms with Crippen LogP contribution in [0.3, 0.4) is 0 Å². The molecule has 0 aliphatic rings. The number of nitrogens with zero attached hydrogens (tertiary/aromatic N) is 2. The fourth-order valence-corrected chi connectivity index (χ4v) is 3.16. The molecule has 5 heteroatoms. The van der Waals surface area contributed by atoms with E-state index < -0.39 is 0 Å². The molecular weight excluding hydrogens is 360 g/mol. The zero-order chi connectivity index (χ0) is 20.1. The second-order valence-electron chi connectivity index (χ2n) is 6.78. The second-order valence-corrected chi connectivity index (χ2v) is 6.78. The van der Waals surface area contributed by atoms with Crippen molar-refractivity contribution in [3.8, 4) is 11.1 Å². The number of hydrazone groups is 1. The molecule has 144 valence electrons. The van der Waals surface area contributed by atoms with Crippen LogP contribution in [0.15, 0.2) is 84.7 Å². The van der Waals surface area contributed by atoms with E-state index in [1.165, 1.54) is 5.56 Å². The number of pyridine rings is 1. The molecule has 0 aliphatic carbocycles. The van der Waals surface area contributed by atoms with Crippen molar-refractivity contribution in [2.45, 2.75) is 13.2 Å². The lowest BCUT2D eigenvalue weighted by Gasteiger charge is -2.04. The van der Waals surface area contributed by atoms with Gasteiger partial charge in [-0.15, -0.1) is 0 Å². The maximum absolute atomic E-state index is 9.22. The van der Waals surface area contributed by atoms with Gasteiger partial charge in [-0.2, -0.15) is 5.10 Å². The molecule has 0 unspecified atom stereocenters. The Hall–Kier alpha value is -3.70. The van der Waals surface area contributed by atoms with Crippen molar-refractivity contribution >= 4 is 22.8 Å². The first-order valence-electron chi connectivity index (χ1n) is 9.41. The number of aliphatic hydroxyl groups is 1. The van der Waals surface area contributed by atoms with E-state index in [2.05, 4.69) is 45.3 Å². The third-order valence-corrected chi connectivity index (χ3v) is 4.78. The summed E-state index contributed by atoms with van der Waals surface area (Å²) in [6, 6.07) is 20.0. The van der Waals surface area contributed by atoms with E-state index in [1.807, 2.05) is 54.9 Å². The van der Waals surface area contributed by atoms with Gasteiger partial charge in [0.05, 0.1) is 19.4 Å². The molecule has 0 saturated heterocycles. The molecule has 0 radical (unpaired) electrons.